The van der Waals surface area contributed by atoms with Gasteiger partial charge in [-0.3, -0.25) is 13.9 Å². The Balaban J connectivity index is 1.79. The molecule has 0 bridgehead atoms. The first-order chi connectivity index (χ1) is 12.9. The zero-order valence-electron chi connectivity index (χ0n) is 15.3. The molecule has 0 saturated carbocycles. The normalized spacial score (nSPS) is 10.9. The first kappa shape index (κ1) is 18.4. The van der Waals surface area contributed by atoms with Crippen LogP contribution in [0.5, 0.6) is 0 Å². The summed E-state index contributed by atoms with van der Waals surface area (Å²) in [5, 5.41) is 8.95. The van der Waals surface area contributed by atoms with Gasteiger partial charge in [0.15, 0.2) is 0 Å². The number of aromatic nitrogens is 2. The van der Waals surface area contributed by atoms with Gasteiger partial charge < -0.3 is 10.0 Å². The van der Waals surface area contributed by atoms with Crippen molar-refractivity contribution in [3.8, 4) is 0 Å². The molecule has 0 radical (unpaired) electrons. The highest BCUT2D eigenvalue weighted by molar-refractivity contribution is 5.87. The lowest BCUT2D eigenvalue weighted by molar-refractivity contribution is -0.131. The molecule has 7 nitrogen and oxygen atoms in total. The number of carbonyl (C=O) groups excluding carboxylic acids is 1. The zero-order chi connectivity index (χ0) is 19.6. The summed E-state index contributed by atoms with van der Waals surface area (Å²) in [5.41, 5.74) is 2.36. The number of fused-ring (bicyclic) bond motifs is 1. The molecule has 1 amide bonds. The minimum Gasteiger partial charge on any atom is -0.478 e. The molecule has 7 heteroatoms. The van der Waals surface area contributed by atoms with Crippen LogP contribution in [0.3, 0.4) is 0 Å². The number of carboxylic acids is 1. The molecule has 140 valence electrons. The van der Waals surface area contributed by atoms with Crippen LogP contribution >= 0.6 is 0 Å². The number of carboxylic acid groups (broad SMARTS) is 1. The lowest BCUT2D eigenvalue weighted by Gasteiger charge is -2.17. The SMILES string of the molecule is CCn1c(=O)n(CC(=O)N(C)Cc2ccc(C(=O)O)cc2)c2ccccc21. The molecular formula is C20H21N3O4. The van der Waals surface area contributed by atoms with Crippen LogP contribution in [0, 0.1) is 0 Å². The molecule has 1 N–H and O–H groups in total. The summed E-state index contributed by atoms with van der Waals surface area (Å²) in [6.07, 6.45) is 0. The van der Waals surface area contributed by atoms with Crippen molar-refractivity contribution in [3.05, 3.63) is 70.1 Å². The first-order valence-electron chi connectivity index (χ1n) is 8.66. The number of likely N-dealkylation sites (N-methyl/N-ethyl adjacent to an activating group) is 1. The van der Waals surface area contributed by atoms with Crippen LogP contribution in [0.1, 0.15) is 22.8 Å². The van der Waals surface area contributed by atoms with Crippen LogP contribution in [-0.2, 0) is 24.4 Å². The van der Waals surface area contributed by atoms with Gasteiger partial charge in [0, 0.05) is 20.1 Å². The minimum absolute atomic E-state index is 0.0456. The number of aromatic carboxylic acids is 1. The maximum absolute atomic E-state index is 12.6. The standard InChI is InChI=1S/C20H21N3O4/c1-3-22-16-6-4-5-7-17(16)23(20(22)27)13-18(24)21(2)12-14-8-10-15(11-9-14)19(25)26/h4-11H,3,12-13H2,1-2H3,(H,25,26). The van der Waals surface area contributed by atoms with Crippen molar-refractivity contribution in [2.24, 2.45) is 0 Å². The molecule has 0 saturated heterocycles. The van der Waals surface area contributed by atoms with Crippen molar-refractivity contribution in [1.29, 1.82) is 0 Å². The van der Waals surface area contributed by atoms with E-state index in [1.165, 1.54) is 21.6 Å². The Morgan fingerprint density at radius 2 is 1.59 bits per heavy atom. The lowest BCUT2D eigenvalue weighted by Crippen LogP contribution is -2.34. The predicted molar refractivity (Wildman–Crippen MR) is 102 cm³/mol. The van der Waals surface area contributed by atoms with Crippen molar-refractivity contribution in [3.63, 3.8) is 0 Å². The highest BCUT2D eigenvalue weighted by Gasteiger charge is 2.17. The molecule has 27 heavy (non-hydrogen) atoms. The molecule has 3 rings (SSSR count). The number of hydrogen-bond donors (Lipinski definition) is 1. The number of imidazole rings is 1. The topological polar surface area (TPSA) is 84.5 Å². The second-order valence-electron chi connectivity index (χ2n) is 6.35. The fourth-order valence-electron chi connectivity index (χ4n) is 3.10. The molecular weight excluding hydrogens is 346 g/mol. The Morgan fingerprint density at radius 3 is 2.15 bits per heavy atom. The van der Waals surface area contributed by atoms with Gasteiger partial charge in [0.2, 0.25) is 5.91 Å². The van der Waals surface area contributed by atoms with E-state index < -0.39 is 5.97 Å². The molecule has 1 aromatic heterocycles. The maximum atomic E-state index is 12.6. The molecule has 0 aliphatic heterocycles. The van der Waals surface area contributed by atoms with Gasteiger partial charge in [-0.1, -0.05) is 24.3 Å². The van der Waals surface area contributed by atoms with Crippen molar-refractivity contribution < 1.29 is 14.7 Å². The molecule has 0 aliphatic rings. The van der Waals surface area contributed by atoms with E-state index in [1.807, 2.05) is 31.2 Å². The maximum Gasteiger partial charge on any atom is 0.335 e. The van der Waals surface area contributed by atoms with Crippen molar-refractivity contribution in [1.82, 2.24) is 14.0 Å². The van der Waals surface area contributed by atoms with Crippen molar-refractivity contribution in [2.75, 3.05) is 7.05 Å². The average Bonchev–Trinajstić information content (AvgIpc) is 2.93. The highest BCUT2D eigenvalue weighted by atomic mass is 16.4. The Kier molecular flexibility index (Phi) is 5.12. The number of para-hydroxylation sites is 2. The smallest absolute Gasteiger partial charge is 0.335 e. The molecule has 2 aromatic carbocycles. The van der Waals surface area contributed by atoms with Gasteiger partial charge in [0.25, 0.3) is 0 Å². The van der Waals surface area contributed by atoms with Gasteiger partial charge in [0.1, 0.15) is 6.54 Å². The summed E-state index contributed by atoms with van der Waals surface area (Å²) < 4.78 is 3.14. The lowest BCUT2D eigenvalue weighted by atomic mass is 10.1. The summed E-state index contributed by atoms with van der Waals surface area (Å²) in [5.74, 6) is -1.18. The Labute approximate surface area is 156 Å². The Morgan fingerprint density at radius 1 is 1.00 bits per heavy atom. The van der Waals surface area contributed by atoms with E-state index >= 15 is 0 Å². The van der Waals surface area contributed by atoms with E-state index in [0.29, 0.717) is 13.1 Å². The molecule has 0 spiro atoms. The van der Waals surface area contributed by atoms with E-state index in [-0.39, 0.29) is 23.7 Å². The van der Waals surface area contributed by atoms with Gasteiger partial charge in [-0.2, -0.15) is 0 Å². The Hall–Kier alpha value is -3.35. The number of aryl methyl sites for hydroxylation is 1. The van der Waals surface area contributed by atoms with E-state index in [9.17, 15) is 14.4 Å². The summed E-state index contributed by atoms with van der Waals surface area (Å²) in [6.45, 7) is 2.72. The summed E-state index contributed by atoms with van der Waals surface area (Å²) in [4.78, 5) is 37.7. The quantitative estimate of drug-likeness (QED) is 0.724. The molecule has 0 unspecified atom stereocenters. The van der Waals surface area contributed by atoms with Crippen molar-refractivity contribution >= 4 is 22.9 Å². The van der Waals surface area contributed by atoms with Gasteiger partial charge >= 0.3 is 11.7 Å². The molecule has 0 atom stereocenters. The summed E-state index contributed by atoms with van der Waals surface area (Å²) in [6, 6.07) is 13.8. The minimum atomic E-state index is -0.988. The fourth-order valence-corrected chi connectivity index (χ4v) is 3.10. The van der Waals surface area contributed by atoms with E-state index in [1.54, 1.807) is 23.7 Å². The third-order valence-electron chi connectivity index (χ3n) is 4.58. The van der Waals surface area contributed by atoms with E-state index in [4.69, 9.17) is 5.11 Å². The van der Waals surface area contributed by atoms with Gasteiger partial charge in [-0.15, -0.1) is 0 Å². The highest BCUT2D eigenvalue weighted by Crippen LogP contribution is 2.13. The van der Waals surface area contributed by atoms with Crippen LogP contribution in [0.15, 0.2) is 53.3 Å². The second kappa shape index (κ2) is 7.49. The first-order valence-corrected chi connectivity index (χ1v) is 8.66. The zero-order valence-corrected chi connectivity index (χ0v) is 15.3. The van der Waals surface area contributed by atoms with Crippen molar-refractivity contribution in [2.45, 2.75) is 26.6 Å². The van der Waals surface area contributed by atoms with E-state index in [0.717, 1.165) is 16.6 Å². The molecule has 1 heterocycles. The van der Waals surface area contributed by atoms with Gasteiger partial charge in [-0.25, -0.2) is 9.59 Å². The molecule has 3 aromatic rings. The average molecular weight is 367 g/mol. The van der Waals surface area contributed by atoms with E-state index in [2.05, 4.69) is 0 Å². The molecule has 0 aliphatic carbocycles. The Bertz CT molecular complexity index is 1050. The monoisotopic (exact) mass is 367 g/mol. The van der Waals surface area contributed by atoms with Crippen LogP contribution in [0.25, 0.3) is 11.0 Å². The van der Waals surface area contributed by atoms with Crippen LogP contribution < -0.4 is 5.69 Å². The number of rotatable bonds is 6. The number of nitrogens with zero attached hydrogens (tertiary/aromatic N) is 3. The number of hydrogen-bond acceptors (Lipinski definition) is 3. The van der Waals surface area contributed by atoms with Crippen LogP contribution in [0.4, 0.5) is 0 Å². The predicted octanol–water partition coefficient (Wildman–Crippen LogP) is 2.18. The largest absolute Gasteiger partial charge is 0.478 e. The van der Waals surface area contributed by atoms with Gasteiger partial charge in [-0.05, 0) is 36.8 Å². The van der Waals surface area contributed by atoms with Crippen LogP contribution in [0.2, 0.25) is 0 Å². The summed E-state index contributed by atoms with van der Waals surface area (Å²) >= 11 is 0. The number of amides is 1. The van der Waals surface area contributed by atoms with Gasteiger partial charge in [0.05, 0.1) is 16.6 Å². The third kappa shape index (κ3) is 3.62. The second-order valence-corrected chi connectivity index (χ2v) is 6.35. The summed E-state index contributed by atoms with van der Waals surface area (Å²) in [7, 11) is 1.66. The fraction of sp³-hybridized carbons (Fsp3) is 0.250. The number of benzene rings is 2. The number of carbonyl (C=O) groups is 2. The molecule has 0 fully saturated rings. The van der Waals surface area contributed by atoms with Crippen LogP contribution in [-0.4, -0.2) is 38.1 Å². The third-order valence-corrected chi connectivity index (χ3v) is 4.58.